The van der Waals surface area contributed by atoms with Gasteiger partial charge in [-0.1, -0.05) is 13.8 Å². The molecule has 2 nitrogen and oxygen atoms in total. The van der Waals surface area contributed by atoms with Gasteiger partial charge in [-0.2, -0.15) is 0 Å². The molecule has 0 amide bonds. The SMILES string of the molecule is CCNC1CCOC(C)(C2(C)CC2)C1. The highest BCUT2D eigenvalue weighted by Gasteiger charge is 2.55. The second-order valence-electron chi connectivity index (χ2n) is 5.39. The Morgan fingerprint density at radius 2 is 2.07 bits per heavy atom. The molecule has 2 fully saturated rings. The van der Waals surface area contributed by atoms with E-state index in [9.17, 15) is 0 Å². The van der Waals surface area contributed by atoms with Crippen LogP contribution in [0.3, 0.4) is 0 Å². The summed E-state index contributed by atoms with van der Waals surface area (Å²) >= 11 is 0. The van der Waals surface area contributed by atoms with Gasteiger partial charge in [0.1, 0.15) is 0 Å². The maximum absolute atomic E-state index is 6.03. The molecule has 2 aliphatic rings. The van der Waals surface area contributed by atoms with Crippen LogP contribution in [0.25, 0.3) is 0 Å². The summed E-state index contributed by atoms with van der Waals surface area (Å²) in [6.07, 6.45) is 5.07. The highest BCUT2D eigenvalue weighted by Crippen LogP contribution is 2.57. The van der Waals surface area contributed by atoms with Gasteiger partial charge < -0.3 is 10.1 Å². The zero-order valence-corrected chi connectivity index (χ0v) is 9.73. The first kappa shape index (κ1) is 10.4. The summed E-state index contributed by atoms with van der Waals surface area (Å²) in [4.78, 5) is 0. The molecular weight excluding hydrogens is 174 g/mol. The predicted octanol–water partition coefficient (Wildman–Crippen LogP) is 2.33. The van der Waals surface area contributed by atoms with E-state index in [0.717, 1.165) is 13.2 Å². The topological polar surface area (TPSA) is 21.3 Å². The molecule has 2 unspecified atom stereocenters. The number of ether oxygens (including phenoxy) is 1. The molecule has 1 aliphatic heterocycles. The third-order valence-electron chi connectivity index (χ3n) is 4.29. The Kier molecular flexibility index (Phi) is 2.61. The summed E-state index contributed by atoms with van der Waals surface area (Å²) in [5.74, 6) is 0. The van der Waals surface area contributed by atoms with E-state index < -0.39 is 0 Å². The summed E-state index contributed by atoms with van der Waals surface area (Å²) < 4.78 is 6.03. The van der Waals surface area contributed by atoms with Crippen molar-refractivity contribution in [1.82, 2.24) is 5.32 Å². The van der Waals surface area contributed by atoms with Gasteiger partial charge in [-0.15, -0.1) is 0 Å². The first-order valence-corrected chi connectivity index (χ1v) is 5.97. The lowest BCUT2D eigenvalue weighted by molar-refractivity contribution is -0.118. The van der Waals surface area contributed by atoms with Crippen LogP contribution < -0.4 is 5.32 Å². The van der Waals surface area contributed by atoms with E-state index in [2.05, 4.69) is 26.1 Å². The maximum atomic E-state index is 6.03. The molecule has 1 saturated carbocycles. The van der Waals surface area contributed by atoms with Gasteiger partial charge in [-0.05, 0) is 44.6 Å². The molecule has 0 bridgehead atoms. The van der Waals surface area contributed by atoms with Crippen molar-refractivity contribution in [3.8, 4) is 0 Å². The molecule has 0 aromatic carbocycles. The van der Waals surface area contributed by atoms with Gasteiger partial charge in [0.05, 0.1) is 5.60 Å². The minimum Gasteiger partial charge on any atom is -0.375 e. The van der Waals surface area contributed by atoms with Crippen molar-refractivity contribution in [2.45, 2.75) is 58.1 Å². The Morgan fingerprint density at radius 1 is 1.36 bits per heavy atom. The van der Waals surface area contributed by atoms with Gasteiger partial charge in [-0.25, -0.2) is 0 Å². The first-order valence-electron chi connectivity index (χ1n) is 5.97. The van der Waals surface area contributed by atoms with E-state index in [1.165, 1.54) is 25.7 Å². The molecule has 0 spiro atoms. The molecule has 0 radical (unpaired) electrons. The van der Waals surface area contributed by atoms with E-state index >= 15 is 0 Å². The fraction of sp³-hybridized carbons (Fsp3) is 1.00. The highest BCUT2D eigenvalue weighted by atomic mass is 16.5. The van der Waals surface area contributed by atoms with Crippen LogP contribution in [0.5, 0.6) is 0 Å². The van der Waals surface area contributed by atoms with Crippen LogP contribution in [-0.4, -0.2) is 24.8 Å². The largest absolute Gasteiger partial charge is 0.375 e. The number of hydrogen-bond acceptors (Lipinski definition) is 2. The van der Waals surface area contributed by atoms with Crippen molar-refractivity contribution >= 4 is 0 Å². The predicted molar refractivity (Wildman–Crippen MR) is 58.4 cm³/mol. The lowest BCUT2D eigenvalue weighted by Crippen LogP contribution is -2.49. The van der Waals surface area contributed by atoms with Crippen LogP contribution in [-0.2, 0) is 4.74 Å². The fourth-order valence-electron chi connectivity index (χ4n) is 2.66. The average Bonchev–Trinajstić information content (AvgIpc) is 2.86. The quantitative estimate of drug-likeness (QED) is 0.750. The van der Waals surface area contributed by atoms with E-state index in [-0.39, 0.29) is 5.60 Å². The van der Waals surface area contributed by atoms with Gasteiger partial charge in [-0.3, -0.25) is 0 Å². The molecule has 14 heavy (non-hydrogen) atoms. The summed E-state index contributed by atoms with van der Waals surface area (Å²) in [5.41, 5.74) is 0.610. The molecule has 0 aromatic heterocycles. The number of hydrogen-bond donors (Lipinski definition) is 1. The zero-order valence-electron chi connectivity index (χ0n) is 9.73. The third-order valence-corrected chi connectivity index (χ3v) is 4.29. The molecular formula is C12H23NO. The standard InChI is InChI=1S/C12H23NO/c1-4-13-10-5-8-14-12(3,9-10)11(2)6-7-11/h10,13H,4-9H2,1-3H3. The van der Waals surface area contributed by atoms with E-state index in [1.807, 2.05) is 0 Å². The van der Waals surface area contributed by atoms with E-state index in [4.69, 9.17) is 4.74 Å². The average molecular weight is 197 g/mol. The fourth-order valence-corrected chi connectivity index (χ4v) is 2.66. The zero-order chi connectivity index (χ0) is 10.2. The molecule has 82 valence electrons. The van der Waals surface area contributed by atoms with Gasteiger partial charge >= 0.3 is 0 Å². The molecule has 1 aliphatic carbocycles. The van der Waals surface area contributed by atoms with Crippen molar-refractivity contribution in [1.29, 1.82) is 0 Å². The van der Waals surface area contributed by atoms with Gasteiger partial charge in [0.15, 0.2) is 0 Å². The van der Waals surface area contributed by atoms with Crippen molar-refractivity contribution in [2.75, 3.05) is 13.2 Å². The Labute approximate surface area is 87.4 Å². The Bertz CT molecular complexity index is 210. The van der Waals surface area contributed by atoms with E-state index in [1.54, 1.807) is 0 Å². The van der Waals surface area contributed by atoms with Crippen LogP contribution in [0, 0.1) is 5.41 Å². The van der Waals surface area contributed by atoms with Crippen molar-refractivity contribution in [3.63, 3.8) is 0 Å². The van der Waals surface area contributed by atoms with Crippen LogP contribution in [0.4, 0.5) is 0 Å². The Morgan fingerprint density at radius 3 is 2.64 bits per heavy atom. The van der Waals surface area contributed by atoms with Gasteiger partial charge in [0.2, 0.25) is 0 Å². The molecule has 2 heteroatoms. The lowest BCUT2D eigenvalue weighted by atomic mass is 9.79. The molecule has 1 saturated heterocycles. The second kappa shape index (κ2) is 3.49. The normalized spacial score (nSPS) is 40.9. The smallest absolute Gasteiger partial charge is 0.0722 e. The second-order valence-corrected chi connectivity index (χ2v) is 5.39. The minimum atomic E-state index is 0.137. The summed E-state index contributed by atoms with van der Waals surface area (Å²) in [5, 5.41) is 3.56. The molecule has 1 heterocycles. The monoisotopic (exact) mass is 197 g/mol. The van der Waals surface area contributed by atoms with Gasteiger partial charge in [0.25, 0.3) is 0 Å². The van der Waals surface area contributed by atoms with Gasteiger partial charge in [0, 0.05) is 12.6 Å². The third kappa shape index (κ3) is 1.70. The van der Waals surface area contributed by atoms with Crippen LogP contribution in [0.1, 0.15) is 46.5 Å². The highest BCUT2D eigenvalue weighted by molar-refractivity contribution is 5.06. The van der Waals surface area contributed by atoms with E-state index in [0.29, 0.717) is 11.5 Å². The van der Waals surface area contributed by atoms with Crippen molar-refractivity contribution in [3.05, 3.63) is 0 Å². The van der Waals surface area contributed by atoms with Crippen LogP contribution >= 0.6 is 0 Å². The number of rotatable bonds is 3. The number of nitrogens with one attached hydrogen (secondary N) is 1. The molecule has 1 N–H and O–H groups in total. The molecule has 2 rings (SSSR count). The van der Waals surface area contributed by atoms with Crippen LogP contribution in [0.2, 0.25) is 0 Å². The maximum Gasteiger partial charge on any atom is 0.0722 e. The van der Waals surface area contributed by atoms with Crippen molar-refractivity contribution < 1.29 is 4.74 Å². The summed E-state index contributed by atoms with van der Waals surface area (Å²) in [6.45, 7) is 8.89. The lowest BCUT2D eigenvalue weighted by Gasteiger charge is -2.43. The minimum absolute atomic E-state index is 0.137. The Balaban J connectivity index is 1.98. The summed E-state index contributed by atoms with van der Waals surface area (Å²) in [6, 6.07) is 0.677. The Hall–Kier alpha value is -0.0800. The van der Waals surface area contributed by atoms with Crippen LogP contribution in [0.15, 0.2) is 0 Å². The molecule has 2 atom stereocenters. The molecule has 0 aromatic rings. The summed E-state index contributed by atoms with van der Waals surface area (Å²) in [7, 11) is 0. The first-order chi connectivity index (χ1) is 6.60. The van der Waals surface area contributed by atoms with Crippen molar-refractivity contribution in [2.24, 2.45) is 5.41 Å².